The lowest BCUT2D eigenvalue weighted by Gasteiger charge is -2.52. The number of carbonyl (C=O) groups is 3. The van der Waals surface area contributed by atoms with E-state index >= 15 is 0 Å². The third-order valence-electron chi connectivity index (χ3n) is 8.00. The minimum atomic E-state index is -0.308. The van der Waals surface area contributed by atoms with Gasteiger partial charge in [-0.15, -0.1) is 0 Å². The van der Waals surface area contributed by atoms with Crippen molar-refractivity contribution < 1.29 is 19.1 Å². The zero-order valence-corrected chi connectivity index (χ0v) is 17.1. The van der Waals surface area contributed by atoms with Crippen molar-refractivity contribution in [1.29, 1.82) is 0 Å². The summed E-state index contributed by atoms with van der Waals surface area (Å²) in [6.45, 7) is 6.16. The SMILES string of the molecule is CCC(=O)OCC(=O)C1CCC2C3CCC4=CC(=O)C=CC4(C)C3=CCC12C. The van der Waals surface area contributed by atoms with Gasteiger partial charge < -0.3 is 4.74 Å². The first kappa shape index (κ1) is 19.4. The normalized spacial score (nSPS) is 38.7. The zero-order valence-electron chi connectivity index (χ0n) is 17.1. The Hall–Kier alpha value is -1.97. The predicted octanol–water partition coefficient (Wildman–Crippen LogP) is 4.35. The Bertz CT molecular complexity index is 816. The largest absolute Gasteiger partial charge is 0.458 e. The van der Waals surface area contributed by atoms with E-state index in [0.29, 0.717) is 18.3 Å². The van der Waals surface area contributed by atoms with Gasteiger partial charge in [0.25, 0.3) is 0 Å². The maximum Gasteiger partial charge on any atom is 0.305 e. The number of hydrogen-bond donors (Lipinski definition) is 0. The first-order valence-electron chi connectivity index (χ1n) is 10.6. The van der Waals surface area contributed by atoms with Gasteiger partial charge in [0.1, 0.15) is 6.61 Å². The van der Waals surface area contributed by atoms with Gasteiger partial charge in [-0.05, 0) is 68.4 Å². The molecule has 0 aromatic heterocycles. The molecule has 0 radical (unpaired) electrons. The molecule has 0 heterocycles. The number of ether oxygens (including phenoxy) is 1. The van der Waals surface area contributed by atoms with Crippen LogP contribution in [0, 0.1) is 28.6 Å². The predicted molar refractivity (Wildman–Crippen MR) is 106 cm³/mol. The molecule has 0 N–H and O–H groups in total. The van der Waals surface area contributed by atoms with Crippen LogP contribution in [-0.2, 0) is 19.1 Å². The van der Waals surface area contributed by atoms with Crippen LogP contribution in [0.2, 0.25) is 0 Å². The molecule has 4 aliphatic carbocycles. The highest BCUT2D eigenvalue weighted by Gasteiger charge is 2.56. The molecule has 5 atom stereocenters. The van der Waals surface area contributed by atoms with E-state index in [0.717, 1.165) is 32.1 Å². The third kappa shape index (κ3) is 2.84. The molecular weight excluding hydrogens is 352 g/mol. The summed E-state index contributed by atoms with van der Waals surface area (Å²) >= 11 is 0. The Kier molecular flexibility index (Phi) is 4.71. The van der Waals surface area contributed by atoms with Gasteiger partial charge in [0.05, 0.1) is 0 Å². The average molecular weight is 383 g/mol. The van der Waals surface area contributed by atoms with Crippen molar-refractivity contribution in [2.24, 2.45) is 28.6 Å². The fraction of sp³-hybridized carbons (Fsp3) is 0.625. The molecule has 28 heavy (non-hydrogen) atoms. The molecule has 150 valence electrons. The van der Waals surface area contributed by atoms with Crippen molar-refractivity contribution in [1.82, 2.24) is 0 Å². The number of hydrogen-bond acceptors (Lipinski definition) is 4. The third-order valence-corrected chi connectivity index (χ3v) is 8.00. The number of Topliss-reactive ketones (excluding diaryl/α,β-unsaturated/α-hetero) is 1. The highest BCUT2D eigenvalue weighted by Crippen LogP contribution is 2.63. The second kappa shape index (κ2) is 6.82. The molecule has 0 amide bonds. The summed E-state index contributed by atoms with van der Waals surface area (Å²) in [5, 5.41) is 0. The van der Waals surface area contributed by atoms with Gasteiger partial charge in [-0.3, -0.25) is 14.4 Å². The number of ketones is 2. The lowest BCUT2D eigenvalue weighted by molar-refractivity contribution is -0.149. The number of fused-ring (bicyclic) bond motifs is 5. The van der Waals surface area contributed by atoms with E-state index in [1.165, 1.54) is 11.1 Å². The number of allylic oxidation sites excluding steroid dienone is 6. The molecule has 4 rings (SSSR count). The van der Waals surface area contributed by atoms with Gasteiger partial charge in [-0.25, -0.2) is 0 Å². The van der Waals surface area contributed by atoms with Crippen LogP contribution in [-0.4, -0.2) is 24.1 Å². The van der Waals surface area contributed by atoms with Crippen molar-refractivity contribution in [3.05, 3.63) is 35.5 Å². The molecule has 2 saturated carbocycles. The molecule has 0 bridgehead atoms. The molecule has 4 aliphatic rings. The first-order chi connectivity index (χ1) is 13.3. The average Bonchev–Trinajstić information content (AvgIpc) is 3.03. The van der Waals surface area contributed by atoms with E-state index in [2.05, 4.69) is 26.0 Å². The minimum absolute atomic E-state index is 0.0341. The summed E-state index contributed by atoms with van der Waals surface area (Å²) in [7, 11) is 0. The van der Waals surface area contributed by atoms with Gasteiger partial charge in [0.2, 0.25) is 0 Å². The molecule has 0 spiro atoms. The lowest BCUT2D eigenvalue weighted by atomic mass is 9.52. The van der Waals surface area contributed by atoms with Crippen molar-refractivity contribution in [2.75, 3.05) is 6.61 Å². The minimum Gasteiger partial charge on any atom is -0.458 e. The maximum absolute atomic E-state index is 12.9. The smallest absolute Gasteiger partial charge is 0.305 e. The molecule has 0 aromatic rings. The van der Waals surface area contributed by atoms with E-state index in [1.807, 2.05) is 6.08 Å². The van der Waals surface area contributed by atoms with Crippen LogP contribution in [0.25, 0.3) is 0 Å². The Morgan fingerprint density at radius 1 is 1.21 bits per heavy atom. The maximum atomic E-state index is 12.9. The molecule has 4 heteroatoms. The van der Waals surface area contributed by atoms with Gasteiger partial charge in [0, 0.05) is 17.8 Å². The summed E-state index contributed by atoms with van der Waals surface area (Å²) in [6.07, 6.45) is 13.1. The Morgan fingerprint density at radius 2 is 2.00 bits per heavy atom. The van der Waals surface area contributed by atoms with Crippen molar-refractivity contribution in [3.63, 3.8) is 0 Å². The van der Waals surface area contributed by atoms with Crippen LogP contribution < -0.4 is 0 Å². The van der Waals surface area contributed by atoms with E-state index in [-0.39, 0.29) is 40.9 Å². The second-order valence-electron chi connectivity index (χ2n) is 9.34. The highest BCUT2D eigenvalue weighted by atomic mass is 16.5. The van der Waals surface area contributed by atoms with Crippen LogP contribution >= 0.6 is 0 Å². The van der Waals surface area contributed by atoms with Crippen LogP contribution in [0.5, 0.6) is 0 Å². The standard InChI is InChI=1S/C24H30O4/c1-4-22(27)28-14-21(26)20-8-7-18-17-6-5-15-13-16(25)9-11-23(15,2)19(17)10-12-24(18,20)3/h9-11,13,17-18,20H,4-8,12,14H2,1-3H3. The summed E-state index contributed by atoms with van der Waals surface area (Å²) in [5.74, 6) is 0.780. The Balaban J connectivity index is 1.59. The van der Waals surface area contributed by atoms with Gasteiger partial charge in [-0.1, -0.05) is 37.1 Å². The fourth-order valence-corrected chi connectivity index (χ4v) is 6.40. The summed E-state index contributed by atoms with van der Waals surface area (Å²) in [4.78, 5) is 36.2. The first-order valence-corrected chi connectivity index (χ1v) is 10.6. The highest BCUT2D eigenvalue weighted by molar-refractivity contribution is 6.01. The molecule has 0 aromatic carbocycles. The summed E-state index contributed by atoms with van der Waals surface area (Å²) in [5.41, 5.74) is 2.48. The van der Waals surface area contributed by atoms with Crippen LogP contribution in [0.3, 0.4) is 0 Å². The Labute approximate surface area is 167 Å². The molecule has 2 fully saturated rings. The van der Waals surface area contributed by atoms with E-state index in [1.54, 1.807) is 13.0 Å². The second-order valence-corrected chi connectivity index (χ2v) is 9.34. The topological polar surface area (TPSA) is 60.4 Å². The van der Waals surface area contributed by atoms with Crippen molar-refractivity contribution in [2.45, 2.75) is 59.3 Å². The van der Waals surface area contributed by atoms with E-state index in [9.17, 15) is 14.4 Å². The number of esters is 1. The van der Waals surface area contributed by atoms with Gasteiger partial charge >= 0.3 is 5.97 Å². The zero-order chi connectivity index (χ0) is 20.1. The molecule has 4 nitrogen and oxygen atoms in total. The van der Waals surface area contributed by atoms with Crippen molar-refractivity contribution in [3.8, 4) is 0 Å². The van der Waals surface area contributed by atoms with E-state index < -0.39 is 0 Å². The van der Waals surface area contributed by atoms with Gasteiger partial charge in [0.15, 0.2) is 11.6 Å². The summed E-state index contributed by atoms with van der Waals surface area (Å²) < 4.78 is 5.14. The van der Waals surface area contributed by atoms with Gasteiger partial charge in [-0.2, -0.15) is 0 Å². The molecule has 0 saturated heterocycles. The summed E-state index contributed by atoms with van der Waals surface area (Å²) in [6, 6.07) is 0. The quantitative estimate of drug-likeness (QED) is 0.536. The lowest BCUT2D eigenvalue weighted by Crippen LogP contribution is -2.45. The van der Waals surface area contributed by atoms with Crippen LogP contribution in [0.1, 0.15) is 59.3 Å². The molecule has 0 aliphatic heterocycles. The van der Waals surface area contributed by atoms with Crippen LogP contribution in [0.4, 0.5) is 0 Å². The van der Waals surface area contributed by atoms with E-state index in [4.69, 9.17) is 4.74 Å². The van der Waals surface area contributed by atoms with Crippen LogP contribution in [0.15, 0.2) is 35.5 Å². The number of carbonyl (C=O) groups excluding carboxylic acids is 3. The Morgan fingerprint density at radius 3 is 2.75 bits per heavy atom. The fourth-order valence-electron chi connectivity index (χ4n) is 6.40. The monoisotopic (exact) mass is 382 g/mol. The van der Waals surface area contributed by atoms with Crippen molar-refractivity contribution >= 4 is 17.5 Å². The molecule has 5 unspecified atom stereocenters. The molecular formula is C24H30O4. The number of rotatable bonds is 4.